The van der Waals surface area contributed by atoms with Crippen LogP contribution in [0.25, 0.3) is 0 Å². The van der Waals surface area contributed by atoms with Gasteiger partial charge in [-0.25, -0.2) is 0 Å². The number of benzene rings is 1. The van der Waals surface area contributed by atoms with Crippen molar-refractivity contribution in [1.82, 2.24) is 0 Å². The summed E-state index contributed by atoms with van der Waals surface area (Å²) >= 11 is 0. The zero-order valence-electron chi connectivity index (χ0n) is 9.58. The van der Waals surface area contributed by atoms with Gasteiger partial charge in [0.25, 0.3) is 0 Å². The van der Waals surface area contributed by atoms with Crippen LogP contribution in [0.15, 0.2) is 18.2 Å². The fourth-order valence-corrected chi connectivity index (χ4v) is 1.28. The van der Waals surface area contributed by atoms with Crippen LogP contribution in [0.3, 0.4) is 0 Å². The number of anilines is 1. The Morgan fingerprint density at radius 2 is 2.07 bits per heavy atom. The van der Waals surface area contributed by atoms with Crippen molar-refractivity contribution in [3.05, 3.63) is 23.8 Å². The van der Waals surface area contributed by atoms with E-state index in [2.05, 4.69) is 0 Å². The quantitative estimate of drug-likeness (QED) is 0.747. The van der Waals surface area contributed by atoms with E-state index in [9.17, 15) is 5.11 Å². The van der Waals surface area contributed by atoms with Crippen LogP contribution in [0.2, 0.25) is 0 Å². The van der Waals surface area contributed by atoms with E-state index in [4.69, 9.17) is 10.5 Å². The Kier molecular flexibility index (Phi) is 3.58. The molecule has 84 valence electrons. The first-order valence-electron chi connectivity index (χ1n) is 5.10. The lowest BCUT2D eigenvalue weighted by atomic mass is 10.1. The fraction of sp³-hybridized carbons (Fsp3) is 0.500. The molecular weight excluding hydrogens is 190 g/mol. The molecule has 0 aromatic heterocycles. The third-order valence-corrected chi connectivity index (χ3v) is 2.20. The standard InChI is InChI=1S/C12H19NO2/c1-9-5-4-6-10(13)11(9)15-8-7-12(2,3)14/h4-6,14H,7-8,13H2,1-3H3. The predicted octanol–water partition coefficient (Wildman–Crippen LogP) is 2.12. The Bertz CT molecular complexity index is 309. The number of hydrogen-bond acceptors (Lipinski definition) is 3. The van der Waals surface area contributed by atoms with Crippen molar-refractivity contribution in [2.45, 2.75) is 32.8 Å². The molecule has 0 saturated carbocycles. The molecule has 0 amide bonds. The molecule has 0 radical (unpaired) electrons. The predicted molar refractivity (Wildman–Crippen MR) is 62.0 cm³/mol. The molecule has 15 heavy (non-hydrogen) atoms. The molecule has 0 spiro atoms. The average molecular weight is 209 g/mol. The molecule has 0 aliphatic rings. The largest absolute Gasteiger partial charge is 0.491 e. The highest BCUT2D eigenvalue weighted by Gasteiger charge is 2.13. The average Bonchev–Trinajstić information content (AvgIpc) is 2.08. The summed E-state index contributed by atoms with van der Waals surface area (Å²) in [4.78, 5) is 0. The molecule has 0 fully saturated rings. The fourth-order valence-electron chi connectivity index (χ4n) is 1.28. The lowest BCUT2D eigenvalue weighted by Crippen LogP contribution is -2.22. The number of rotatable bonds is 4. The van der Waals surface area contributed by atoms with Gasteiger partial charge >= 0.3 is 0 Å². The molecule has 3 nitrogen and oxygen atoms in total. The van der Waals surface area contributed by atoms with Crippen LogP contribution in [-0.4, -0.2) is 17.3 Å². The zero-order valence-corrected chi connectivity index (χ0v) is 9.58. The Morgan fingerprint density at radius 3 is 2.60 bits per heavy atom. The molecule has 3 heteroatoms. The van der Waals surface area contributed by atoms with E-state index >= 15 is 0 Å². The number of nitrogens with two attached hydrogens (primary N) is 1. The smallest absolute Gasteiger partial charge is 0.145 e. The van der Waals surface area contributed by atoms with Gasteiger partial charge in [0.05, 0.1) is 17.9 Å². The third kappa shape index (κ3) is 3.80. The molecule has 0 heterocycles. The molecule has 0 aliphatic carbocycles. The number of aliphatic hydroxyl groups is 1. The second-order valence-corrected chi connectivity index (χ2v) is 4.40. The summed E-state index contributed by atoms with van der Waals surface area (Å²) in [6.07, 6.45) is 0.584. The van der Waals surface area contributed by atoms with Gasteiger partial charge in [-0.1, -0.05) is 12.1 Å². The molecule has 3 N–H and O–H groups in total. The van der Waals surface area contributed by atoms with Crippen LogP contribution >= 0.6 is 0 Å². The maximum Gasteiger partial charge on any atom is 0.145 e. The second kappa shape index (κ2) is 4.53. The summed E-state index contributed by atoms with van der Waals surface area (Å²) in [5.41, 5.74) is 6.75. The van der Waals surface area contributed by atoms with Gasteiger partial charge in [-0.15, -0.1) is 0 Å². The van der Waals surface area contributed by atoms with Gasteiger partial charge in [0.2, 0.25) is 0 Å². The normalized spacial score (nSPS) is 11.5. The number of para-hydroxylation sites is 1. The molecule has 0 aliphatic heterocycles. The zero-order chi connectivity index (χ0) is 11.5. The van der Waals surface area contributed by atoms with Crippen LogP contribution in [0.5, 0.6) is 5.75 Å². The highest BCUT2D eigenvalue weighted by Crippen LogP contribution is 2.25. The van der Waals surface area contributed by atoms with E-state index in [1.807, 2.05) is 25.1 Å². The molecule has 0 unspecified atom stereocenters. The first-order valence-corrected chi connectivity index (χ1v) is 5.10. The lowest BCUT2D eigenvalue weighted by molar-refractivity contribution is 0.0553. The van der Waals surface area contributed by atoms with E-state index in [-0.39, 0.29) is 0 Å². The summed E-state index contributed by atoms with van der Waals surface area (Å²) in [7, 11) is 0. The Balaban J connectivity index is 2.58. The van der Waals surface area contributed by atoms with Gasteiger partial charge in [-0.2, -0.15) is 0 Å². The molecule has 0 saturated heterocycles. The third-order valence-electron chi connectivity index (χ3n) is 2.20. The number of aryl methyl sites for hydroxylation is 1. The van der Waals surface area contributed by atoms with Crippen molar-refractivity contribution in [3.8, 4) is 5.75 Å². The first-order chi connectivity index (χ1) is 6.90. The van der Waals surface area contributed by atoms with E-state index in [0.29, 0.717) is 18.7 Å². The van der Waals surface area contributed by atoms with Gasteiger partial charge in [0, 0.05) is 6.42 Å². The van der Waals surface area contributed by atoms with Crippen molar-refractivity contribution < 1.29 is 9.84 Å². The maximum atomic E-state index is 9.52. The van der Waals surface area contributed by atoms with Crippen molar-refractivity contribution in [2.24, 2.45) is 0 Å². The number of hydrogen-bond donors (Lipinski definition) is 2. The van der Waals surface area contributed by atoms with E-state index in [1.165, 1.54) is 0 Å². The molecule has 0 bridgehead atoms. The van der Waals surface area contributed by atoms with Crippen LogP contribution < -0.4 is 10.5 Å². The van der Waals surface area contributed by atoms with E-state index in [1.54, 1.807) is 13.8 Å². The van der Waals surface area contributed by atoms with E-state index in [0.717, 1.165) is 11.3 Å². The SMILES string of the molecule is Cc1cccc(N)c1OCCC(C)(C)O. The summed E-state index contributed by atoms with van der Waals surface area (Å²) in [5, 5.41) is 9.52. The van der Waals surface area contributed by atoms with Gasteiger partial charge in [-0.05, 0) is 32.4 Å². The van der Waals surface area contributed by atoms with Crippen LogP contribution in [0, 0.1) is 6.92 Å². The van der Waals surface area contributed by atoms with E-state index < -0.39 is 5.60 Å². The topological polar surface area (TPSA) is 55.5 Å². The molecule has 1 aromatic carbocycles. The minimum absolute atomic E-state index is 0.471. The Hall–Kier alpha value is -1.22. The van der Waals surface area contributed by atoms with Crippen LogP contribution in [0.4, 0.5) is 5.69 Å². The summed E-state index contributed by atoms with van der Waals surface area (Å²) < 4.78 is 5.56. The summed E-state index contributed by atoms with van der Waals surface area (Å²) in [6, 6.07) is 5.66. The minimum atomic E-state index is -0.697. The summed E-state index contributed by atoms with van der Waals surface area (Å²) in [6.45, 7) is 5.95. The Morgan fingerprint density at radius 1 is 1.40 bits per heavy atom. The van der Waals surface area contributed by atoms with Crippen LogP contribution in [-0.2, 0) is 0 Å². The molecule has 1 aromatic rings. The monoisotopic (exact) mass is 209 g/mol. The molecular formula is C12H19NO2. The molecule has 0 atom stereocenters. The number of ether oxygens (including phenoxy) is 1. The van der Waals surface area contributed by atoms with Gasteiger partial charge < -0.3 is 15.6 Å². The lowest BCUT2D eigenvalue weighted by Gasteiger charge is -2.18. The minimum Gasteiger partial charge on any atom is -0.491 e. The van der Waals surface area contributed by atoms with Gasteiger partial charge in [0.15, 0.2) is 0 Å². The maximum absolute atomic E-state index is 9.52. The van der Waals surface area contributed by atoms with Crippen molar-refractivity contribution in [2.75, 3.05) is 12.3 Å². The van der Waals surface area contributed by atoms with Crippen molar-refractivity contribution in [3.63, 3.8) is 0 Å². The molecule has 1 rings (SSSR count). The second-order valence-electron chi connectivity index (χ2n) is 4.40. The van der Waals surface area contributed by atoms with Crippen molar-refractivity contribution in [1.29, 1.82) is 0 Å². The van der Waals surface area contributed by atoms with Crippen LogP contribution in [0.1, 0.15) is 25.8 Å². The highest BCUT2D eigenvalue weighted by molar-refractivity contribution is 5.56. The first kappa shape index (κ1) is 11.9. The van der Waals surface area contributed by atoms with Crippen molar-refractivity contribution >= 4 is 5.69 Å². The highest BCUT2D eigenvalue weighted by atomic mass is 16.5. The van der Waals surface area contributed by atoms with Gasteiger partial charge in [-0.3, -0.25) is 0 Å². The van der Waals surface area contributed by atoms with Gasteiger partial charge in [0.1, 0.15) is 5.75 Å². The summed E-state index contributed by atoms with van der Waals surface area (Å²) in [5.74, 6) is 0.724. The Labute approximate surface area is 90.9 Å². The number of nitrogen functional groups attached to an aromatic ring is 1.